The summed E-state index contributed by atoms with van der Waals surface area (Å²) in [5.74, 6) is 1.13. The minimum Gasteiger partial charge on any atom is -0.484 e. The standard InChI is InChI=1S/C22H24BrN3O3S/c1-14-11-16(7-10-18(14)23)24-19(27)13-30-21-26-25-20(29-21)12-28-17-8-5-15(6-9-17)22(2,3)4/h5-11H,12-13H2,1-4H3,(H,24,27). The van der Waals surface area contributed by atoms with Gasteiger partial charge in [0.25, 0.3) is 11.1 Å². The predicted molar refractivity (Wildman–Crippen MR) is 122 cm³/mol. The number of nitrogens with zero attached hydrogens (tertiary/aromatic N) is 2. The fourth-order valence-electron chi connectivity index (χ4n) is 2.60. The molecule has 2 aromatic carbocycles. The largest absolute Gasteiger partial charge is 0.484 e. The number of aryl methyl sites for hydroxylation is 1. The smallest absolute Gasteiger partial charge is 0.277 e. The average molecular weight is 490 g/mol. The van der Waals surface area contributed by atoms with E-state index in [0.29, 0.717) is 11.1 Å². The van der Waals surface area contributed by atoms with E-state index in [2.05, 4.69) is 64.3 Å². The number of hydrogen-bond donors (Lipinski definition) is 1. The first kappa shape index (κ1) is 22.4. The summed E-state index contributed by atoms with van der Waals surface area (Å²) in [6.07, 6.45) is 0. The van der Waals surface area contributed by atoms with Crippen molar-refractivity contribution in [2.24, 2.45) is 0 Å². The molecule has 8 heteroatoms. The van der Waals surface area contributed by atoms with Crippen LogP contribution in [0.4, 0.5) is 5.69 Å². The van der Waals surface area contributed by atoms with Crippen LogP contribution >= 0.6 is 27.7 Å². The Morgan fingerprint density at radius 2 is 1.90 bits per heavy atom. The third-order valence-corrected chi connectivity index (χ3v) is 6.01. The zero-order chi connectivity index (χ0) is 21.7. The van der Waals surface area contributed by atoms with Crippen LogP contribution in [-0.2, 0) is 16.8 Å². The second-order valence-electron chi connectivity index (χ2n) is 7.83. The lowest BCUT2D eigenvalue weighted by Crippen LogP contribution is -2.14. The molecule has 1 heterocycles. The number of amides is 1. The molecule has 30 heavy (non-hydrogen) atoms. The Hall–Kier alpha value is -2.32. The van der Waals surface area contributed by atoms with Gasteiger partial charge in [0.1, 0.15) is 5.75 Å². The van der Waals surface area contributed by atoms with Crippen molar-refractivity contribution >= 4 is 39.3 Å². The van der Waals surface area contributed by atoms with Gasteiger partial charge in [0.2, 0.25) is 5.91 Å². The van der Waals surface area contributed by atoms with Crippen LogP contribution in [0.5, 0.6) is 5.75 Å². The van der Waals surface area contributed by atoms with Gasteiger partial charge >= 0.3 is 0 Å². The molecule has 0 radical (unpaired) electrons. The van der Waals surface area contributed by atoms with Crippen LogP contribution in [0.25, 0.3) is 0 Å². The van der Waals surface area contributed by atoms with Gasteiger partial charge in [-0.05, 0) is 53.8 Å². The maximum atomic E-state index is 12.1. The van der Waals surface area contributed by atoms with Crippen LogP contribution in [0.15, 0.2) is 56.6 Å². The average Bonchev–Trinajstić information content (AvgIpc) is 3.15. The second-order valence-corrected chi connectivity index (χ2v) is 9.61. The highest BCUT2D eigenvalue weighted by Crippen LogP contribution is 2.25. The Bertz CT molecular complexity index is 1010. The minimum absolute atomic E-state index is 0.0968. The Morgan fingerprint density at radius 1 is 1.17 bits per heavy atom. The predicted octanol–water partition coefficient (Wildman–Crippen LogP) is 5.75. The molecule has 158 valence electrons. The molecule has 6 nitrogen and oxygen atoms in total. The van der Waals surface area contributed by atoms with E-state index >= 15 is 0 Å². The van der Waals surface area contributed by atoms with E-state index in [1.54, 1.807) is 0 Å². The first-order chi connectivity index (χ1) is 14.2. The number of anilines is 1. The summed E-state index contributed by atoms with van der Waals surface area (Å²) in [5.41, 5.74) is 3.14. The van der Waals surface area contributed by atoms with E-state index < -0.39 is 0 Å². The third-order valence-electron chi connectivity index (χ3n) is 4.30. The van der Waals surface area contributed by atoms with Gasteiger partial charge < -0.3 is 14.5 Å². The van der Waals surface area contributed by atoms with E-state index in [-0.39, 0.29) is 23.7 Å². The Labute approximate surface area is 188 Å². The molecular weight excluding hydrogens is 466 g/mol. The molecule has 0 unspecified atom stereocenters. The van der Waals surface area contributed by atoms with Crippen molar-refractivity contribution in [1.29, 1.82) is 0 Å². The number of carbonyl (C=O) groups is 1. The van der Waals surface area contributed by atoms with E-state index in [9.17, 15) is 4.79 Å². The van der Waals surface area contributed by atoms with Crippen molar-refractivity contribution in [2.75, 3.05) is 11.1 Å². The highest BCUT2D eigenvalue weighted by Gasteiger charge is 2.14. The lowest BCUT2D eigenvalue weighted by Gasteiger charge is -2.19. The van der Waals surface area contributed by atoms with Crippen molar-refractivity contribution in [1.82, 2.24) is 10.2 Å². The van der Waals surface area contributed by atoms with Gasteiger partial charge in [0.15, 0.2) is 6.61 Å². The second kappa shape index (κ2) is 9.66. The van der Waals surface area contributed by atoms with E-state index in [1.165, 1.54) is 17.3 Å². The number of nitrogens with one attached hydrogen (secondary N) is 1. The van der Waals surface area contributed by atoms with E-state index in [0.717, 1.165) is 21.5 Å². The molecule has 0 aliphatic carbocycles. The van der Waals surface area contributed by atoms with Crippen molar-refractivity contribution in [3.05, 3.63) is 64.0 Å². The summed E-state index contributed by atoms with van der Waals surface area (Å²) in [7, 11) is 0. The van der Waals surface area contributed by atoms with Crippen LogP contribution in [0.3, 0.4) is 0 Å². The fourth-order valence-corrected chi connectivity index (χ4v) is 3.42. The number of thioether (sulfide) groups is 1. The molecule has 0 saturated heterocycles. The molecule has 1 amide bonds. The molecule has 0 atom stereocenters. The maximum Gasteiger partial charge on any atom is 0.277 e. The fraction of sp³-hybridized carbons (Fsp3) is 0.318. The van der Waals surface area contributed by atoms with Gasteiger partial charge in [0.05, 0.1) is 5.75 Å². The lowest BCUT2D eigenvalue weighted by molar-refractivity contribution is -0.113. The molecule has 0 bridgehead atoms. The highest BCUT2D eigenvalue weighted by atomic mass is 79.9. The normalized spacial score (nSPS) is 11.4. The topological polar surface area (TPSA) is 77.2 Å². The number of benzene rings is 2. The molecule has 0 aliphatic heterocycles. The third kappa shape index (κ3) is 6.34. The van der Waals surface area contributed by atoms with Gasteiger partial charge in [-0.1, -0.05) is 60.6 Å². The maximum absolute atomic E-state index is 12.1. The number of rotatable bonds is 7. The van der Waals surface area contributed by atoms with Crippen molar-refractivity contribution in [3.8, 4) is 5.75 Å². The molecular formula is C22H24BrN3O3S. The molecule has 3 rings (SSSR count). The van der Waals surface area contributed by atoms with Gasteiger partial charge in [-0.15, -0.1) is 10.2 Å². The number of hydrogen-bond acceptors (Lipinski definition) is 6. The summed E-state index contributed by atoms with van der Waals surface area (Å²) in [4.78, 5) is 12.1. The van der Waals surface area contributed by atoms with Crippen molar-refractivity contribution < 1.29 is 13.9 Å². The quantitative estimate of drug-likeness (QED) is 0.425. The Morgan fingerprint density at radius 3 is 2.57 bits per heavy atom. The number of aromatic nitrogens is 2. The summed E-state index contributed by atoms with van der Waals surface area (Å²) in [6.45, 7) is 8.64. The van der Waals surface area contributed by atoms with Crippen LogP contribution in [0, 0.1) is 6.92 Å². The van der Waals surface area contributed by atoms with E-state index in [1.807, 2.05) is 37.3 Å². The highest BCUT2D eigenvalue weighted by molar-refractivity contribution is 9.10. The SMILES string of the molecule is Cc1cc(NC(=O)CSc2nnc(COc3ccc(C(C)(C)C)cc3)o2)ccc1Br. The summed E-state index contributed by atoms with van der Waals surface area (Å²) in [5, 5.41) is 11.1. The lowest BCUT2D eigenvalue weighted by atomic mass is 9.87. The Kier molecular flexibility index (Phi) is 7.20. The van der Waals surface area contributed by atoms with Crippen LogP contribution in [0.1, 0.15) is 37.8 Å². The first-order valence-corrected chi connectivity index (χ1v) is 11.2. The van der Waals surface area contributed by atoms with Gasteiger partial charge in [-0.2, -0.15) is 0 Å². The van der Waals surface area contributed by atoms with Crippen LogP contribution in [0.2, 0.25) is 0 Å². The number of halogens is 1. The number of ether oxygens (including phenoxy) is 1. The van der Waals surface area contributed by atoms with Gasteiger partial charge in [-0.3, -0.25) is 4.79 Å². The Balaban J connectivity index is 1.46. The molecule has 0 aliphatic rings. The van der Waals surface area contributed by atoms with Gasteiger partial charge in [0, 0.05) is 10.2 Å². The summed E-state index contributed by atoms with van der Waals surface area (Å²) >= 11 is 4.63. The minimum atomic E-state index is -0.142. The molecule has 3 aromatic rings. The zero-order valence-electron chi connectivity index (χ0n) is 17.4. The van der Waals surface area contributed by atoms with Crippen molar-refractivity contribution in [2.45, 2.75) is 44.9 Å². The first-order valence-electron chi connectivity index (χ1n) is 9.45. The number of carbonyl (C=O) groups excluding carboxylic acids is 1. The van der Waals surface area contributed by atoms with Crippen molar-refractivity contribution in [3.63, 3.8) is 0 Å². The van der Waals surface area contributed by atoms with Gasteiger partial charge in [-0.25, -0.2) is 0 Å². The monoisotopic (exact) mass is 489 g/mol. The molecule has 1 N–H and O–H groups in total. The summed E-state index contributed by atoms with van der Waals surface area (Å²) in [6, 6.07) is 13.6. The van der Waals surface area contributed by atoms with E-state index in [4.69, 9.17) is 9.15 Å². The zero-order valence-corrected chi connectivity index (χ0v) is 19.8. The van der Waals surface area contributed by atoms with Crippen LogP contribution < -0.4 is 10.1 Å². The van der Waals surface area contributed by atoms with Crippen LogP contribution in [-0.4, -0.2) is 21.9 Å². The molecule has 0 fully saturated rings. The summed E-state index contributed by atoms with van der Waals surface area (Å²) < 4.78 is 12.3. The molecule has 0 spiro atoms. The molecule has 1 aromatic heterocycles. The molecule has 0 saturated carbocycles.